The average Bonchev–Trinajstić information content (AvgIpc) is 2.32. The number of rotatable bonds is 1. The third-order valence-corrected chi connectivity index (χ3v) is 2.85. The number of carbonyl (C=O) groups excluding carboxylic acids is 1. The molecule has 6 heteroatoms. The van der Waals surface area contributed by atoms with Gasteiger partial charge in [-0.1, -0.05) is 20.8 Å². The number of amides is 1. The van der Waals surface area contributed by atoms with Crippen LogP contribution in [0.1, 0.15) is 33.6 Å². The van der Waals surface area contributed by atoms with Crippen LogP contribution in [0.15, 0.2) is 6.20 Å². The van der Waals surface area contributed by atoms with Crippen LogP contribution in [-0.2, 0) is 4.79 Å². The van der Waals surface area contributed by atoms with Gasteiger partial charge in [-0.3, -0.25) is 4.79 Å². The zero-order valence-electron chi connectivity index (χ0n) is 10.7. The highest BCUT2D eigenvalue weighted by atomic mass is 35.5. The summed E-state index contributed by atoms with van der Waals surface area (Å²) in [5.41, 5.74) is 0.722. The zero-order valence-corrected chi connectivity index (χ0v) is 11.5. The van der Waals surface area contributed by atoms with Crippen molar-refractivity contribution >= 4 is 29.0 Å². The normalized spacial score (nSPS) is 19.6. The molecule has 1 aromatic heterocycles. The molecule has 1 aliphatic heterocycles. The van der Waals surface area contributed by atoms with Crippen LogP contribution in [-0.4, -0.2) is 21.9 Å². The van der Waals surface area contributed by atoms with Crippen LogP contribution >= 0.6 is 11.6 Å². The van der Waals surface area contributed by atoms with E-state index in [0.29, 0.717) is 17.9 Å². The van der Waals surface area contributed by atoms with Crippen molar-refractivity contribution in [1.82, 2.24) is 9.97 Å². The summed E-state index contributed by atoms with van der Waals surface area (Å²) in [6, 6.07) is 0.0530. The molecule has 2 heterocycles. The van der Waals surface area contributed by atoms with Crippen molar-refractivity contribution in [2.75, 3.05) is 10.6 Å². The number of halogens is 1. The van der Waals surface area contributed by atoms with Crippen LogP contribution in [0.3, 0.4) is 0 Å². The van der Waals surface area contributed by atoms with Crippen molar-refractivity contribution in [3.63, 3.8) is 0 Å². The Kier molecular flexibility index (Phi) is 3.43. The summed E-state index contributed by atoms with van der Waals surface area (Å²) in [4.78, 5) is 19.8. The van der Waals surface area contributed by atoms with E-state index in [4.69, 9.17) is 11.6 Å². The maximum atomic E-state index is 11.8. The predicted molar refractivity (Wildman–Crippen MR) is 71.8 cm³/mol. The second-order valence-corrected chi connectivity index (χ2v) is 6.10. The molecule has 1 aromatic rings. The molecular formula is C12H17ClN4O. The molecule has 5 nitrogen and oxygen atoms in total. The minimum Gasteiger partial charge on any atom is -0.365 e. The van der Waals surface area contributed by atoms with Crippen LogP contribution in [0.5, 0.6) is 0 Å². The number of fused-ring (bicyclic) bond motifs is 1. The quantitative estimate of drug-likeness (QED) is 0.769. The molecule has 0 spiro atoms. The van der Waals surface area contributed by atoms with Crippen LogP contribution in [0.25, 0.3) is 0 Å². The van der Waals surface area contributed by atoms with Crippen molar-refractivity contribution in [3.8, 4) is 0 Å². The first-order chi connectivity index (χ1) is 8.33. The fourth-order valence-corrected chi connectivity index (χ4v) is 2.23. The second kappa shape index (κ2) is 4.72. The van der Waals surface area contributed by atoms with Crippen LogP contribution in [0, 0.1) is 5.41 Å². The number of anilines is 2. The SMILES string of the molecule is CC(C)(C)CC1CC(=O)Nc2cnc(Cl)nc2N1. The van der Waals surface area contributed by atoms with Crippen molar-refractivity contribution in [1.29, 1.82) is 0 Å². The minimum absolute atomic E-state index is 0.0265. The van der Waals surface area contributed by atoms with E-state index in [1.807, 2.05) is 0 Å². The first-order valence-electron chi connectivity index (χ1n) is 5.92. The smallest absolute Gasteiger partial charge is 0.226 e. The number of aromatic nitrogens is 2. The molecule has 0 saturated carbocycles. The second-order valence-electron chi connectivity index (χ2n) is 5.76. The molecule has 0 saturated heterocycles. The number of nitrogens with zero attached hydrogens (tertiary/aromatic N) is 2. The number of hydrogen-bond acceptors (Lipinski definition) is 4. The highest BCUT2D eigenvalue weighted by molar-refractivity contribution is 6.28. The van der Waals surface area contributed by atoms with E-state index in [1.54, 1.807) is 0 Å². The predicted octanol–water partition coefficient (Wildman–Crippen LogP) is 2.69. The molecule has 0 bridgehead atoms. The molecule has 18 heavy (non-hydrogen) atoms. The maximum Gasteiger partial charge on any atom is 0.226 e. The van der Waals surface area contributed by atoms with Crippen LogP contribution in [0.4, 0.5) is 11.5 Å². The van der Waals surface area contributed by atoms with Gasteiger partial charge in [0.15, 0.2) is 5.82 Å². The van der Waals surface area contributed by atoms with Crippen molar-refractivity contribution < 1.29 is 4.79 Å². The Morgan fingerprint density at radius 1 is 1.50 bits per heavy atom. The summed E-state index contributed by atoms with van der Waals surface area (Å²) in [7, 11) is 0. The van der Waals surface area contributed by atoms with Crippen molar-refractivity contribution in [3.05, 3.63) is 11.5 Å². The Morgan fingerprint density at radius 3 is 2.89 bits per heavy atom. The van der Waals surface area contributed by atoms with E-state index in [-0.39, 0.29) is 22.6 Å². The van der Waals surface area contributed by atoms with Gasteiger partial charge in [-0.2, -0.15) is 4.98 Å². The molecule has 0 fully saturated rings. The van der Waals surface area contributed by atoms with Gasteiger partial charge in [-0.25, -0.2) is 4.98 Å². The van der Waals surface area contributed by atoms with Gasteiger partial charge in [0.05, 0.1) is 6.20 Å². The van der Waals surface area contributed by atoms with Gasteiger partial charge in [0.2, 0.25) is 11.2 Å². The first kappa shape index (κ1) is 13.1. The zero-order chi connectivity index (χ0) is 13.3. The van der Waals surface area contributed by atoms with Gasteiger partial charge >= 0.3 is 0 Å². The standard InChI is InChI=1S/C12H17ClN4O/c1-12(2,3)5-7-4-9(18)16-8-6-14-11(13)17-10(8)15-7/h6-7H,4-5H2,1-3H3,(H,16,18)(H,14,15,17). The lowest BCUT2D eigenvalue weighted by molar-refractivity contribution is -0.116. The average molecular weight is 269 g/mol. The molecule has 1 unspecified atom stereocenters. The van der Waals surface area contributed by atoms with E-state index in [9.17, 15) is 4.79 Å². The van der Waals surface area contributed by atoms with Crippen molar-refractivity contribution in [2.24, 2.45) is 5.41 Å². The number of carbonyl (C=O) groups is 1. The first-order valence-corrected chi connectivity index (χ1v) is 6.30. The molecule has 1 aliphatic rings. The van der Waals surface area contributed by atoms with E-state index in [1.165, 1.54) is 6.20 Å². The fraction of sp³-hybridized carbons (Fsp3) is 0.583. The van der Waals surface area contributed by atoms with E-state index >= 15 is 0 Å². The van der Waals surface area contributed by atoms with Crippen LogP contribution in [0.2, 0.25) is 5.28 Å². The lowest BCUT2D eigenvalue weighted by Crippen LogP contribution is -2.28. The lowest BCUT2D eigenvalue weighted by Gasteiger charge is -2.25. The minimum atomic E-state index is -0.0265. The summed E-state index contributed by atoms with van der Waals surface area (Å²) >= 11 is 5.77. The molecule has 1 atom stereocenters. The number of hydrogen-bond donors (Lipinski definition) is 2. The molecule has 0 aromatic carbocycles. The number of nitrogens with one attached hydrogen (secondary N) is 2. The lowest BCUT2D eigenvalue weighted by atomic mass is 9.87. The summed E-state index contributed by atoms with van der Waals surface area (Å²) in [5.74, 6) is 0.566. The van der Waals surface area contributed by atoms with Gasteiger partial charge in [0, 0.05) is 12.5 Å². The van der Waals surface area contributed by atoms with E-state index in [0.717, 1.165) is 6.42 Å². The van der Waals surface area contributed by atoms with Gasteiger partial charge in [0.1, 0.15) is 5.69 Å². The Morgan fingerprint density at radius 2 is 2.22 bits per heavy atom. The third kappa shape index (κ3) is 3.32. The Balaban J connectivity index is 2.25. The highest BCUT2D eigenvalue weighted by Crippen LogP contribution is 2.29. The Bertz CT molecular complexity index is 470. The summed E-state index contributed by atoms with van der Waals surface area (Å²) in [6.45, 7) is 6.43. The van der Waals surface area contributed by atoms with E-state index in [2.05, 4.69) is 41.4 Å². The Hall–Kier alpha value is -1.36. The molecule has 2 N–H and O–H groups in total. The summed E-state index contributed by atoms with van der Waals surface area (Å²) < 4.78 is 0. The molecular weight excluding hydrogens is 252 g/mol. The van der Waals surface area contributed by atoms with Gasteiger partial charge in [-0.05, 0) is 23.4 Å². The van der Waals surface area contributed by atoms with Crippen LogP contribution < -0.4 is 10.6 Å². The largest absolute Gasteiger partial charge is 0.365 e. The summed E-state index contributed by atoms with van der Waals surface area (Å²) in [6.07, 6.45) is 2.82. The van der Waals surface area contributed by atoms with Gasteiger partial charge in [-0.15, -0.1) is 0 Å². The monoisotopic (exact) mass is 268 g/mol. The maximum absolute atomic E-state index is 11.8. The fourth-order valence-electron chi connectivity index (χ4n) is 2.09. The van der Waals surface area contributed by atoms with Gasteiger partial charge < -0.3 is 10.6 Å². The third-order valence-electron chi connectivity index (χ3n) is 2.66. The topological polar surface area (TPSA) is 66.9 Å². The molecule has 1 amide bonds. The van der Waals surface area contributed by atoms with Crippen molar-refractivity contribution in [2.45, 2.75) is 39.7 Å². The highest BCUT2D eigenvalue weighted by Gasteiger charge is 2.26. The van der Waals surface area contributed by atoms with Gasteiger partial charge in [0.25, 0.3) is 0 Å². The Labute approximate surface area is 111 Å². The molecule has 98 valence electrons. The molecule has 0 aliphatic carbocycles. The summed E-state index contributed by atoms with van der Waals surface area (Å²) in [5, 5.41) is 6.22. The molecule has 2 rings (SSSR count). The van der Waals surface area contributed by atoms with E-state index < -0.39 is 0 Å². The molecule has 0 radical (unpaired) electrons.